The highest BCUT2D eigenvalue weighted by Crippen LogP contribution is 2.36. The molecule has 1 N–H and O–H groups in total. The van der Waals surface area contributed by atoms with Gasteiger partial charge in [-0.1, -0.05) is 22.0 Å². The second kappa shape index (κ2) is 6.12. The lowest BCUT2D eigenvalue weighted by atomic mass is 9.97. The summed E-state index contributed by atoms with van der Waals surface area (Å²) in [6.07, 6.45) is -1.45. The van der Waals surface area contributed by atoms with E-state index in [4.69, 9.17) is 4.74 Å². The van der Waals surface area contributed by atoms with E-state index in [1.807, 2.05) is 6.92 Å². The maximum atomic E-state index is 14.2. The van der Waals surface area contributed by atoms with Gasteiger partial charge in [0.2, 0.25) is 0 Å². The lowest BCUT2D eigenvalue weighted by Gasteiger charge is -2.18. The average molecular weight is 357 g/mol. The molecule has 0 fully saturated rings. The zero-order chi connectivity index (χ0) is 15.7. The number of rotatable bonds is 3. The minimum atomic E-state index is -1.45. The smallest absolute Gasteiger partial charge is 0.135 e. The van der Waals surface area contributed by atoms with Crippen molar-refractivity contribution in [3.63, 3.8) is 0 Å². The van der Waals surface area contributed by atoms with Crippen molar-refractivity contribution in [2.24, 2.45) is 0 Å². The van der Waals surface area contributed by atoms with E-state index in [0.29, 0.717) is 11.3 Å². The lowest BCUT2D eigenvalue weighted by molar-refractivity contribution is 0.203. The van der Waals surface area contributed by atoms with Gasteiger partial charge in [0.15, 0.2) is 0 Å². The summed E-state index contributed by atoms with van der Waals surface area (Å²) in [4.78, 5) is 0. The summed E-state index contributed by atoms with van der Waals surface area (Å²) in [5.74, 6) is -1.16. The molecular weight excluding hydrogens is 342 g/mol. The molecule has 0 saturated carbocycles. The molecule has 0 aromatic heterocycles. The molecule has 0 aliphatic rings. The Balaban J connectivity index is 2.63. The van der Waals surface area contributed by atoms with Crippen molar-refractivity contribution in [2.75, 3.05) is 7.11 Å². The van der Waals surface area contributed by atoms with Crippen molar-refractivity contribution in [1.29, 1.82) is 0 Å². The van der Waals surface area contributed by atoms with E-state index in [9.17, 15) is 13.9 Å². The van der Waals surface area contributed by atoms with Gasteiger partial charge in [-0.3, -0.25) is 0 Å². The van der Waals surface area contributed by atoms with Crippen LogP contribution in [0, 0.1) is 25.5 Å². The number of aliphatic hydroxyl groups excluding tert-OH is 1. The molecular formula is C16H15BrF2O2. The largest absolute Gasteiger partial charge is 0.496 e. The predicted molar refractivity (Wildman–Crippen MR) is 80.6 cm³/mol. The van der Waals surface area contributed by atoms with Gasteiger partial charge in [-0.05, 0) is 43.2 Å². The lowest BCUT2D eigenvalue weighted by Crippen LogP contribution is -2.09. The highest BCUT2D eigenvalue weighted by molar-refractivity contribution is 9.10. The van der Waals surface area contributed by atoms with Gasteiger partial charge in [0, 0.05) is 10.0 Å². The minimum absolute atomic E-state index is 0.274. The van der Waals surface area contributed by atoms with Gasteiger partial charge in [0.25, 0.3) is 0 Å². The maximum Gasteiger partial charge on any atom is 0.135 e. The van der Waals surface area contributed by atoms with Gasteiger partial charge >= 0.3 is 0 Å². The molecule has 1 atom stereocenters. The zero-order valence-corrected chi connectivity index (χ0v) is 13.5. The molecule has 0 bridgehead atoms. The molecule has 2 rings (SSSR count). The van der Waals surface area contributed by atoms with E-state index < -0.39 is 17.7 Å². The molecule has 5 heteroatoms. The van der Waals surface area contributed by atoms with Crippen LogP contribution < -0.4 is 4.74 Å². The minimum Gasteiger partial charge on any atom is -0.496 e. The maximum absolute atomic E-state index is 14.2. The van der Waals surface area contributed by atoms with E-state index in [0.717, 1.165) is 16.1 Å². The molecule has 0 amide bonds. The molecule has 0 radical (unpaired) electrons. The predicted octanol–water partition coefficient (Wildman–Crippen LogP) is 4.43. The molecule has 21 heavy (non-hydrogen) atoms. The van der Waals surface area contributed by atoms with Crippen LogP contribution in [0.25, 0.3) is 0 Å². The number of halogens is 3. The van der Waals surface area contributed by atoms with Crippen LogP contribution >= 0.6 is 15.9 Å². The third kappa shape index (κ3) is 2.94. The monoisotopic (exact) mass is 356 g/mol. The Morgan fingerprint density at radius 1 is 1.14 bits per heavy atom. The Labute approximate surface area is 130 Å². The molecule has 0 saturated heterocycles. The Morgan fingerprint density at radius 3 is 2.43 bits per heavy atom. The van der Waals surface area contributed by atoms with E-state index >= 15 is 0 Å². The Kier molecular flexibility index (Phi) is 4.64. The molecule has 1 unspecified atom stereocenters. The molecule has 2 nitrogen and oxygen atoms in total. The third-order valence-electron chi connectivity index (χ3n) is 3.40. The van der Waals surface area contributed by atoms with E-state index in [-0.39, 0.29) is 11.1 Å². The van der Waals surface area contributed by atoms with Gasteiger partial charge in [-0.25, -0.2) is 8.78 Å². The summed E-state index contributed by atoms with van der Waals surface area (Å²) >= 11 is 3.35. The summed E-state index contributed by atoms with van der Waals surface area (Å²) < 4.78 is 34.0. The fraction of sp³-hybridized carbons (Fsp3) is 0.250. The van der Waals surface area contributed by atoms with Crippen LogP contribution in [-0.4, -0.2) is 12.2 Å². The van der Waals surface area contributed by atoms with Crippen molar-refractivity contribution in [1.82, 2.24) is 0 Å². The van der Waals surface area contributed by atoms with Crippen molar-refractivity contribution in [3.05, 3.63) is 62.6 Å². The summed E-state index contributed by atoms with van der Waals surface area (Å²) in [5, 5.41) is 10.4. The van der Waals surface area contributed by atoms with Gasteiger partial charge in [-0.15, -0.1) is 0 Å². The molecule has 0 aliphatic carbocycles. The number of ether oxygens (including phenoxy) is 1. The molecule has 2 aromatic carbocycles. The molecule has 112 valence electrons. The van der Waals surface area contributed by atoms with Gasteiger partial charge in [0.05, 0.1) is 12.7 Å². The fourth-order valence-corrected chi connectivity index (χ4v) is 2.51. The first-order valence-electron chi connectivity index (χ1n) is 6.33. The van der Waals surface area contributed by atoms with E-state index in [1.54, 1.807) is 12.1 Å². The normalized spacial score (nSPS) is 12.3. The van der Waals surface area contributed by atoms with Crippen molar-refractivity contribution in [2.45, 2.75) is 20.0 Å². The Bertz CT molecular complexity index is 686. The summed E-state index contributed by atoms with van der Waals surface area (Å²) in [6, 6.07) is 5.80. The second-order valence-electron chi connectivity index (χ2n) is 4.84. The van der Waals surface area contributed by atoms with Gasteiger partial charge < -0.3 is 9.84 Å². The van der Waals surface area contributed by atoms with Gasteiger partial charge in [0.1, 0.15) is 23.5 Å². The van der Waals surface area contributed by atoms with Crippen LogP contribution in [0.3, 0.4) is 0 Å². The number of methoxy groups -OCH3 is 1. The first-order valence-corrected chi connectivity index (χ1v) is 7.12. The Morgan fingerprint density at radius 2 is 1.81 bits per heavy atom. The van der Waals surface area contributed by atoms with Crippen LogP contribution in [0.5, 0.6) is 5.75 Å². The molecule has 0 heterocycles. The SMILES string of the molecule is COc1cc(C)c(Br)cc1C(O)c1c(F)ccc(C)c1F. The van der Waals surface area contributed by atoms with Crippen LogP contribution in [0.15, 0.2) is 28.7 Å². The standard InChI is InChI=1S/C16H15BrF2O2/c1-8-4-5-12(18)14(15(8)19)16(20)10-7-11(17)9(2)6-13(10)21-3/h4-7,16,20H,1-3H3. The average Bonchev–Trinajstić information content (AvgIpc) is 2.45. The first kappa shape index (κ1) is 15.9. The number of aliphatic hydroxyl groups is 1. The first-order chi connectivity index (χ1) is 9.86. The topological polar surface area (TPSA) is 29.5 Å². The number of benzene rings is 2. The summed E-state index contributed by atoms with van der Waals surface area (Å²) in [7, 11) is 1.45. The third-order valence-corrected chi connectivity index (χ3v) is 4.25. The van der Waals surface area contributed by atoms with Crippen molar-refractivity contribution in [3.8, 4) is 5.75 Å². The summed E-state index contributed by atoms with van der Waals surface area (Å²) in [5.41, 5.74) is 1.10. The van der Waals surface area contributed by atoms with Gasteiger partial charge in [-0.2, -0.15) is 0 Å². The second-order valence-corrected chi connectivity index (χ2v) is 5.69. The molecule has 2 aromatic rings. The fourth-order valence-electron chi connectivity index (χ4n) is 2.15. The Hall–Kier alpha value is -1.46. The van der Waals surface area contributed by atoms with E-state index in [2.05, 4.69) is 15.9 Å². The number of hydrogen-bond acceptors (Lipinski definition) is 2. The quantitative estimate of drug-likeness (QED) is 0.881. The highest BCUT2D eigenvalue weighted by atomic mass is 79.9. The molecule has 0 aliphatic heterocycles. The van der Waals surface area contributed by atoms with Crippen LogP contribution in [0.1, 0.15) is 28.4 Å². The summed E-state index contributed by atoms with van der Waals surface area (Å²) in [6.45, 7) is 3.38. The van der Waals surface area contributed by atoms with Crippen molar-refractivity contribution >= 4 is 15.9 Å². The highest BCUT2D eigenvalue weighted by Gasteiger charge is 2.24. The zero-order valence-electron chi connectivity index (χ0n) is 11.9. The van der Waals surface area contributed by atoms with Crippen LogP contribution in [0.2, 0.25) is 0 Å². The van der Waals surface area contributed by atoms with Crippen molar-refractivity contribution < 1.29 is 18.6 Å². The van der Waals surface area contributed by atoms with Crippen LogP contribution in [0.4, 0.5) is 8.78 Å². The van der Waals surface area contributed by atoms with E-state index in [1.165, 1.54) is 20.1 Å². The number of aryl methyl sites for hydroxylation is 2. The molecule has 0 spiro atoms. The number of hydrogen-bond donors (Lipinski definition) is 1. The van der Waals surface area contributed by atoms with Crippen LogP contribution in [-0.2, 0) is 0 Å².